The lowest BCUT2D eigenvalue weighted by Gasteiger charge is -2.00. The van der Waals surface area contributed by atoms with Crippen LogP contribution in [0.2, 0.25) is 0 Å². The van der Waals surface area contributed by atoms with Gasteiger partial charge in [0.05, 0.1) is 6.34 Å². The van der Waals surface area contributed by atoms with Gasteiger partial charge in [0, 0.05) is 20.5 Å². The van der Waals surface area contributed by atoms with Crippen LogP contribution < -0.4 is 0 Å². The first-order chi connectivity index (χ1) is 4.66. The lowest BCUT2D eigenvalue weighted by atomic mass is 10.3. The summed E-state index contributed by atoms with van der Waals surface area (Å²) in [5.41, 5.74) is 0. The molecular weight excluding hydrogens is 128 g/mol. The van der Waals surface area contributed by atoms with E-state index in [9.17, 15) is 4.79 Å². The van der Waals surface area contributed by atoms with Crippen molar-refractivity contribution in [2.24, 2.45) is 4.99 Å². The summed E-state index contributed by atoms with van der Waals surface area (Å²) < 4.78 is 0. The molecule has 3 nitrogen and oxygen atoms in total. The van der Waals surface area contributed by atoms with Gasteiger partial charge in [-0.15, -0.1) is 0 Å². The van der Waals surface area contributed by atoms with Gasteiger partial charge in [-0.05, 0) is 6.42 Å². The van der Waals surface area contributed by atoms with Crippen LogP contribution in [0.3, 0.4) is 0 Å². The lowest BCUT2D eigenvalue weighted by Crippen LogP contribution is -2.09. The number of hydrogen-bond acceptors (Lipinski definition) is 1. The van der Waals surface area contributed by atoms with Crippen LogP contribution in [0, 0.1) is 0 Å². The van der Waals surface area contributed by atoms with Gasteiger partial charge in [0.25, 0.3) is 0 Å². The normalized spacial score (nSPS) is 10.3. The van der Waals surface area contributed by atoms with Crippen LogP contribution in [-0.4, -0.2) is 31.2 Å². The van der Waals surface area contributed by atoms with Crippen molar-refractivity contribution in [3.8, 4) is 0 Å². The van der Waals surface area contributed by atoms with E-state index < -0.39 is 0 Å². The van der Waals surface area contributed by atoms with Crippen LogP contribution in [0.1, 0.15) is 19.8 Å². The Hall–Kier alpha value is -0.860. The molecule has 0 aliphatic rings. The third-order valence-corrected chi connectivity index (χ3v) is 0.897. The molecule has 0 spiro atoms. The van der Waals surface area contributed by atoms with E-state index in [4.69, 9.17) is 0 Å². The highest BCUT2D eigenvalue weighted by molar-refractivity contribution is 5.84. The van der Waals surface area contributed by atoms with Crippen molar-refractivity contribution in [1.29, 1.82) is 0 Å². The summed E-state index contributed by atoms with van der Waals surface area (Å²) >= 11 is 0. The molecule has 0 aromatic heterocycles. The van der Waals surface area contributed by atoms with E-state index in [1.165, 1.54) is 6.34 Å². The van der Waals surface area contributed by atoms with E-state index in [1.807, 2.05) is 21.0 Å². The number of carbonyl (C=O) groups is 1. The fourth-order valence-corrected chi connectivity index (χ4v) is 0.458. The van der Waals surface area contributed by atoms with Crippen LogP contribution in [0.4, 0.5) is 0 Å². The molecule has 1 amide bonds. The van der Waals surface area contributed by atoms with Crippen LogP contribution >= 0.6 is 0 Å². The first-order valence-corrected chi connectivity index (χ1v) is 3.40. The van der Waals surface area contributed by atoms with E-state index in [-0.39, 0.29) is 5.91 Å². The maximum atomic E-state index is 10.7. The van der Waals surface area contributed by atoms with E-state index in [1.54, 1.807) is 4.90 Å². The van der Waals surface area contributed by atoms with E-state index in [0.29, 0.717) is 6.42 Å². The van der Waals surface area contributed by atoms with Crippen molar-refractivity contribution in [2.75, 3.05) is 14.1 Å². The monoisotopic (exact) mass is 142 g/mol. The van der Waals surface area contributed by atoms with Gasteiger partial charge in [0.15, 0.2) is 0 Å². The summed E-state index contributed by atoms with van der Waals surface area (Å²) in [6, 6.07) is 0. The Morgan fingerprint density at radius 2 is 2.20 bits per heavy atom. The molecule has 0 atom stereocenters. The highest BCUT2D eigenvalue weighted by Gasteiger charge is 1.92. The van der Waals surface area contributed by atoms with E-state index >= 15 is 0 Å². The van der Waals surface area contributed by atoms with Gasteiger partial charge in [-0.25, -0.2) is 4.99 Å². The number of carbonyl (C=O) groups excluding carboxylic acids is 1. The molecule has 0 heterocycles. The minimum Gasteiger partial charge on any atom is -0.369 e. The number of nitrogens with zero attached hydrogens (tertiary/aromatic N) is 2. The van der Waals surface area contributed by atoms with Crippen LogP contribution in [-0.2, 0) is 4.79 Å². The molecule has 0 N–H and O–H groups in total. The second kappa shape index (κ2) is 4.97. The Labute approximate surface area is 61.7 Å². The van der Waals surface area contributed by atoms with Gasteiger partial charge in [0.1, 0.15) is 0 Å². The highest BCUT2D eigenvalue weighted by Crippen LogP contribution is 1.88. The molecule has 0 fully saturated rings. The largest absolute Gasteiger partial charge is 0.369 e. The Balaban J connectivity index is 3.56. The topological polar surface area (TPSA) is 32.7 Å². The summed E-state index contributed by atoms with van der Waals surface area (Å²) in [6.07, 6.45) is 2.94. The molecule has 0 saturated heterocycles. The zero-order chi connectivity index (χ0) is 7.98. The Morgan fingerprint density at radius 1 is 1.60 bits per heavy atom. The molecular formula is C7H14N2O. The van der Waals surface area contributed by atoms with Gasteiger partial charge < -0.3 is 4.90 Å². The smallest absolute Gasteiger partial charge is 0.247 e. The lowest BCUT2D eigenvalue weighted by molar-refractivity contribution is -0.117. The molecule has 0 bridgehead atoms. The summed E-state index contributed by atoms with van der Waals surface area (Å²) in [4.78, 5) is 16.1. The SMILES string of the molecule is CCCC(=O)N=CN(C)C. The first-order valence-electron chi connectivity index (χ1n) is 3.40. The van der Waals surface area contributed by atoms with Gasteiger partial charge in [0.2, 0.25) is 5.91 Å². The van der Waals surface area contributed by atoms with Crippen molar-refractivity contribution in [3.05, 3.63) is 0 Å². The van der Waals surface area contributed by atoms with Gasteiger partial charge in [-0.1, -0.05) is 6.92 Å². The van der Waals surface area contributed by atoms with Crippen LogP contribution in [0.5, 0.6) is 0 Å². The molecule has 0 saturated carbocycles. The highest BCUT2D eigenvalue weighted by atomic mass is 16.1. The summed E-state index contributed by atoms with van der Waals surface area (Å²) in [5.74, 6) is -0.0452. The number of amides is 1. The zero-order valence-electron chi connectivity index (χ0n) is 6.79. The van der Waals surface area contributed by atoms with Gasteiger partial charge >= 0.3 is 0 Å². The molecule has 0 aromatic rings. The molecule has 3 heteroatoms. The molecule has 0 aliphatic carbocycles. The van der Waals surface area contributed by atoms with Gasteiger partial charge in [-0.3, -0.25) is 4.79 Å². The first kappa shape index (κ1) is 9.14. The fourth-order valence-electron chi connectivity index (χ4n) is 0.458. The third-order valence-electron chi connectivity index (χ3n) is 0.897. The quantitative estimate of drug-likeness (QED) is 0.433. The minimum atomic E-state index is -0.0452. The van der Waals surface area contributed by atoms with Crippen molar-refractivity contribution < 1.29 is 4.79 Å². The second-order valence-corrected chi connectivity index (χ2v) is 2.35. The van der Waals surface area contributed by atoms with Gasteiger partial charge in [-0.2, -0.15) is 0 Å². The maximum Gasteiger partial charge on any atom is 0.247 e. The number of hydrogen-bond donors (Lipinski definition) is 0. The predicted molar refractivity (Wildman–Crippen MR) is 42.1 cm³/mol. The molecule has 0 aromatic carbocycles. The van der Waals surface area contributed by atoms with Crippen LogP contribution in [0.15, 0.2) is 4.99 Å². The maximum absolute atomic E-state index is 10.7. The summed E-state index contributed by atoms with van der Waals surface area (Å²) in [6.45, 7) is 1.96. The van der Waals surface area contributed by atoms with E-state index in [0.717, 1.165) is 6.42 Å². The molecule has 0 radical (unpaired) electrons. The second-order valence-electron chi connectivity index (χ2n) is 2.35. The van der Waals surface area contributed by atoms with Crippen molar-refractivity contribution >= 4 is 12.2 Å². The molecule has 0 aliphatic heterocycles. The zero-order valence-corrected chi connectivity index (χ0v) is 6.79. The van der Waals surface area contributed by atoms with Crippen molar-refractivity contribution in [3.63, 3.8) is 0 Å². The van der Waals surface area contributed by atoms with Crippen molar-refractivity contribution in [2.45, 2.75) is 19.8 Å². The molecule has 0 unspecified atom stereocenters. The van der Waals surface area contributed by atoms with Crippen LogP contribution in [0.25, 0.3) is 0 Å². The molecule has 58 valence electrons. The Bertz CT molecular complexity index is 130. The minimum absolute atomic E-state index is 0.0452. The van der Waals surface area contributed by atoms with Crippen molar-refractivity contribution in [1.82, 2.24) is 4.90 Å². The Morgan fingerprint density at radius 3 is 2.60 bits per heavy atom. The van der Waals surface area contributed by atoms with E-state index in [2.05, 4.69) is 4.99 Å². The summed E-state index contributed by atoms with van der Waals surface area (Å²) in [7, 11) is 3.67. The average molecular weight is 142 g/mol. The molecule has 10 heavy (non-hydrogen) atoms. The molecule has 0 rings (SSSR count). The average Bonchev–Trinajstić information content (AvgIpc) is 1.85. The third kappa shape index (κ3) is 5.28. The number of rotatable bonds is 3. The summed E-state index contributed by atoms with van der Waals surface area (Å²) in [5, 5.41) is 0. The number of aliphatic imine (C=N–C) groups is 1. The standard InChI is InChI=1S/C7H14N2O/c1-4-5-7(10)8-6-9(2)3/h6H,4-5H2,1-3H3. The Kier molecular flexibility index (Phi) is 4.54. The predicted octanol–water partition coefficient (Wildman–Crippen LogP) is 0.903. The fraction of sp³-hybridized carbons (Fsp3) is 0.714.